The number of fused-ring (bicyclic) bond motifs is 5. The zero-order valence-corrected chi connectivity index (χ0v) is 17.7. The molecule has 4 nitrogen and oxygen atoms in total. The first-order valence-electron chi connectivity index (χ1n) is 11.7. The molecule has 1 heterocycles. The quantitative estimate of drug-likeness (QED) is 0.663. The third kappa shape index (κ3) is 3.31. The van der Waals surface area contributed by atoms with E-state index in [0.717, 1.165) is 44.9 Å². The molecule has 0 spiro atoms. The van der Waals surface area contributed by atoms with Gasteiger partial charge in [0.15, 0.2) is 5.78 Å². The zero-order chi connectivity index (χ0) is 21.1. The molecule has 8 unspecified atom stereocenters. The SMILES string of the molecule is CC12CCC3C4CCC(C(F)(F)F)CC4CCC3C1CCC2C(=O)Cn1ccnn1. The van der Waals surface area contributed by atoms with Crippen LogP contribution in [0.4, 0.5) is 13.2 Å². The number of ketones is 1. The van der Waals surface area contributed by atoms with Crippen molar-refractivity contribution in [2.45, 2.75) is 77.4 Å². The maximum atomic E-state index is 13.3. The van der Waals surface area contributed by atoms with Crippen molar-refractivity contribution < 1.29 is 18.0 Å². The average molecular weight is 424 g/mol. The molecule has 30 heavy (non-hydrogen) atoms. The van der Waals surface area contributed by atoms with Gasteiger partial charge in [0, 0.05) is 12.1 Å². The summed E-state index contributed by atoms with van der Waals surface area (Å²) in [5.74, 6) is 1.68. The molecule has 1 aromatic heterocycles. The minimum atomic E-state index is -4.03. The van der Waals surface area contributed by atoms with Crippen molar-refractivity contribution in [1.29, 1.82) is 0 Å². The van der Waals surface area contributed by atoms with Gasteiger partial charge in [-0.05, 0) is 92.8 Å². The van der Waals surface area contributed by atoms with E-state index in [0.29, 0.717) is 43.1 Å². The Morgan fingerprint density at radius 1 is 1.07 bits per heavy atom. The maximum absolute atomic E-state index is 13.3. The third-order valence-corrected chi connectivity index (χ3v) is 9.60. The molecule has 4 aliphatic rings. The first kappa shape index (κ1) is 20.5. The number of carbonyl (C=O) groups excluding carboxylic acids is 1. The van der Waals surface area contributed by atoms with E-state index >= 15 is 0 Å². The van der Waals surface area contributed by atoms with Crippen LogP contribution in [0.3, 0.4) is 0 Å². The second-order valence-electron chi connectivity index (χ2n) is 10.7. The van der Waals surface area contributed by atoms with E-state index in [1.807, 2.05) is 0 Å². The number of hydrogen-bond acceptors (Lipinski definition) is 3. The number of Topliss-reactive ketones (excluding diaryl/α,β-unsaturated/α-hetero) is 1. The predicted octanol–water partition coefficient (Wildman–Crippen LogP) is 5.29. The molecule has 4 fully saturated rings. The Morgan fingerprint density at radius 2 is 1.87 bits per heavy atom. The van der Waals surface area contributed by atoms with Crippen LogP contribution in [0.1, 0.15) is 64.7 Å². The van der Waals surface area contributed by atoms with E-state index in [1.54, 1.807) is 17.1 Å². The summed E-state index contributed by atoms with van der Waals surface area (Å²) in [7, 11) is 0. The fourth-order valence-electron chi connectivity index (χ4n) is 8.27. The number of carbonyl (C=O) groups is 1. The summed E-state index contributed by atoms with van der Waals surface area (Å²) in [5, 5.41) is 7.76. The van der Waals surface area contributed by atoms with E-state index in [9.17, 15) is 18.0 Å². The van der Waals surface area contributed by atoms with Crippen LogP contribution in [0, 0.1) is 46.8 Å². The summed E-state index contributed by atoms with van der Waals surface area (Å²) >= 11 is 0. The van der Waals surface area contributed by atoms with Crippen LogP contribution in [0.15, 0.2) is 12.4 Å². The van der Waals surface area contributed by atoms with Gasteiger partial charge in [0.25, 0.3) is 0 Å². The number of rotatable bonds is 3. The normalized spacial score (nSPS) is 43.5. The first-order valence-corrected chi connectivity index (χ1v) is 11.7. The highest BCUT2D eigenvalue weighted by molar-refractivity contribution is 5.82. The molecule has 0 radical (unpaired) electrons. The fourth-order valence-corrected chi connectivity index (χ4v) is 8.27. The van der Waals surface area contributed by atoms with Crippen molar-refractivity contribution in [1.82, 2.24) is 15.0 Å². The van der Waals surface area contributed by atoms with Crippen LogP contribution in [0.5, 0.6) is 0 Å². The Kier molecular flexibility index (Phi) is 5.01. The van der Waals surface area contributed by atoms with Crippen molar-refractivity contribution in [3.63, 3.8) is 0 Å². The zero-order valence-electron chi connectivity index (χ0n) is 17.7. The molecule has 0 N–H and O–H groups in total. The van der Waals surface area contributed by atoms with Crippen molar-refractivity contribution in [3.05, 3.63) is 12.4 Å². The van der Waals surface area contributed by atoms with Gasteiger partial charge in [-0.3, -0.25) is 4.79 Å². The Labute approximate surface area is 176 Å². The minimum absolute atomic E-state index is 0.0365. The summed E-state index contributed by atoms with van der Waals surface area (Å²) < 4.78 is 41.4. The van der Waals surface area contributed by atoms with Gasteiger partial charge < -0.3 is 0 Å². The summed E-state index contributed by atoms with van der Waals surface area (Å²) in [4.78, 5) is 13.1. The Balaban J connectivity index is 1.29. The van der Waals surface area contributed by atoms with E-state index < -0.39 is 12.1 Å². The van der Waals surface area contributed by atoms with Gasteiger partial charge in [-0.15, -0.1) is 5.10 Å². The second-order valence-corrected chi connectivity index (χ2v) is 10.7. The van der Waals surface area contributed by atoms with Crippen LogP contribution in [-0.4, -0.2) is 27.0 Å². The standard InChI is InChI=1S/C23H32F3N3O/c1-22-9-8-17-16-5-3-15(23(24,25)26)12-14(16)2-4-18(17)19(22)6-7-20(22)21(30)13-29-11-10-27-28-29/h10-11,14-20H,2-9,12-13H2,1H3. The van der Waals surface area contributed by atoms with Crippen LogP contribution >= 0.6 is 0 Å². The van der Waals surface area contributed by atoms with E-state index in [2.05, 4.69) is 17.2 Å². The van der Waals surface area contributed by atoms with Gasteiger partial charge in [0.1, 0.15) is 6.54 Å². The number of hydrogen-bond donors (Lipinski definition) is 0. The Hall–Kier alpha value is -1.40. The highest BCUT2D eigenvalue weighted by Gasteiger charge is 2.59. The van der Waals surface area contributed by atoms with Gasteiger partial charge >= 0.3 is 6.18 Å². The number of halogens is 3. The van der Waals surface area contributed by atoms with E-state index in [4.69, 9.17) is 0 Å². The lowest BCUT2D eigenvalue weighted by molar-refractivity contribution is -0.196. The fraction of sp³-hybridized carbons (Fsp3) is 0.870. The summed E-state index contributed by atoms with van der Waals surface area (Å²) in [5.41, 5.74) is 0.0365. The molecule has 4 saturated carbocycles. The van der Waals surface area contributed by atoms with Gasteiger partial charge in [0.05, 0.1) is 12.1 Å². The Morgan fingerprint density at radius 3 is 2.60 bits per heavy atom. The van der Waals surface area contributed by atoms with Crippen LogP contribution in [0.25, 0.3) is 0 Å². The van der Waals surface area contributed by atoms with E-state index in [1.165, 1.54) is 0 Å². The molecule has 8 atom stereocenters. The van der Waals surface area contributed by atoms with Gasteiger partial charge in [-0.2, -0.15) is 13.2 Å². The van der Waals surface area contributed by atoms with Crippen LogP contribution < -0.4 is 0 Å². The molecule has 7 heteroatoms. The lowest BCUT2D eigenvalue weighted by Gasteiger charge is -2.56. The van der Waals surface area contributed by atoms with Gasteiger partial charge in [-0.1, -0.05) is 12.1 Å². The van der Waals surface area contributed by atoms with E-state index in [-0.39, 0.29) is 23.0 Å². The third-order valence-electron chi connectivity index (χ3n) is 9.60. The van der Waals surface area contributed by atoms with Crippen molar-refractivity contribution in [3.8, 4) is 0 Å². The van der Waals surface area contributed by atoms with Crippen LogP contribution in [-0.2, 0) is 11.3 Å². The average Bonchev–Trinajstić information content (AvgIpc) is 3.33. The molecule has 1 aromatic rings. The molecular weight excluding hydrogens is 391 g/mol. The van der Waals surface area contributed by atoms with Gasteiger partial charge in [0.2, 0.25) is 0 Å². The summed E-state index contributed by atoms with van der Waals surface area (Å²) in [6.45, 7) is 2.61. The topological polar surface area (TPSA) is 47.8 Å². The van der Waals surface area contributed by atoms with Crippen LogP contribution in [0.2, 0.25) is 0 Å². The summed E-state index contributed by atoms with van der Waals surface area (Å²) in [6, 6.07) is 0. The largest absolute Gasteiger partial charge is 0.391 e. The minimum Gasteiger partial charge on any atom is -0.297 e. The highest BCUT2D eigenvalue weighted by atomic mass is 19.4. The number of alkyl halides is 3. The van der Waals surface area contributed by atoms with Crippen molar-refractivity contribution in [2.75, 3.05) is 0 Å². The number of nitrogens with zero attached hydrogens (tertiary/aromatic N) is 3. The molecule has 0 bridgehead atoms. The molecule has 5 rings (SSSR count). The molecule has 0 amide bonds. The molecule has 0 aromatic carbocycles. The molecule has 166 valence electrons. The molecule has 4 aliphatic carbocycles. The monoisotopic (exact) mass is 423 g/mol. The van der Waals surface area contributed by atoms with Crippen molar-refractivity contribution in [2.24, 2.45) is 46.8 Å². The molecule has 0 aliphatic heterocycles. The van der Waals surface area contributed by atoms with Crippen molar-refractivity contribution >= 4 is 5.78 Å². The first-order chi connectivity index (χ1) is 14.3. The molecular formula is C23H32F3N3O. The predicted molar refractivity (Wildman–Crippen MR) is 105 cm³/mol. The highest BCUT2D eigenvalue weighted by Crippen LogP contribution is 2.65. The number of aromatic nitrogens is 3. The van der Waals surface area contributed by atoms with Gasteiger partial charge in [-0.25, -0.2) is 4.68 Å². The Bertz CT molecular complexity index is 779. The maximum Gasteiger partial charge on any atom is 0.391 e. The lowest BCUT2D eigenvalue weighted by Crippen LogP contribution is -2.50. The summed E-state index contributed by atoms with van der Waals surface area (Å²) in [6.07, 6.45) is 6.88. The smallest absolute Gasteiger partial charge is 0.297 e. The molecule has 0 saturated heterocycles. The second kappa shape index (κ2) is 7.33. The lowest BCUT2D eigenvalue weighted by atomic mass is 9.49.